The predicted molar refractivity (Wildman–Crippen MR) is 113 cm³/mol. The predicted octanol–water partition coefficient (Wildman–Crippen LogP) is 2.65. The molecule has 1 aromatic carbocycles. The second-order valence-corrected chi connectivity index (χ2v) is 8.08. The zero-order chi connectivity index (χ0) is 21.0. The monoisotopic (exact) mass is 422 g/mol. The Hall–Kier alpha value is -3.12. The molecule has 1 aliphatic carbocycles. The molecule has 2 aromatic rings. The maximum Gasteiger partial charge on any atom is 0.238 e. The van der Waals surface area contributed by atoms with E-state index < -0.39 is 0 Å². The number of hydrogen-bond donors (Lipinski definition) is 0. The van der Waals surface area contributed by atoms with Gasteiger partial charge >= 0.3 is 0 Å². The summed E-state index contributed by atoms with van der Waals surface area (Å²) in [5.74, 6) is 2.81. The molecule has 0 bridgehead atoms. The number of ether oxygens (including phenoxy) is 3. The van der Waals surface area contributed by atoms with Gasteiger partial charge in [0.25, 0.3) is 0 Å². The van der Waals surface area contributed by atoms with E-state index in [9.17, 15) is 5.26 Å². The van der Waals surface area contributed by atoms with Crippen LogP contribution in [-0.2, 0) is 11.3 Å². The molecular formula is C22H26N6O3. The van der Waals surface area contributed by atoms with Gasteiger partial charge in [0.2, 0.25) is 24.5 Å². The normalized spacial score (nSPS) is 18.6. The molecule has 2 fully saturated rings. The zero-order valence-corrected chi connectivity index (χ0v) is 17.5. The lowest BCUT2D eigenvalue weighted by Gasteiger charge is -2.35. The first-order chi connectivity index (χ1) is 15.3. The summed E-state index contributed by atoms with van der Waals surface area (Å²) in [4.78, 5) is 18.0. The lowest BCUT2D eigenvalue weighted by atomic mass is 9.94. The Bertz CT molecular complexity index is 966. The Morgan fingerprint density at radius 2 is 1.84 bits per heavy atom. The van der Waals surface area contributed by atoms with Crippen molar-refractivity contribution in [3.8, 4) is 17.6 Å². The summed E-state index contributed by atoms with van der Waals surface area (Å²) in [6, 6.07) is 8.47. The van der Waals surface area contributed by atoms with Crippen molar-refractivity contribution >= 4 is 11.9 Å². The number of rotatable bonds is 5. The summed E-state index contributed by atoms with van der Waals surface area (Å²) in [5.41, 5.74) is 1.10. The van der Waals surface area contributed by atoms with E-state index in [0.717, 1.165) is 29.9 Å². The third kappa shape index (κ3) is 4.35. The molecule has 1 aromatic heterocycles. The highest BCUT2D eigenvalue weighted by Gasteiger charge is 2.27. The quantitative estimate of drug-likeness (QED) is 0.720. The van der Waals surface area contributed by atoms with Gasteiger partial charge in [-0.3, -0.25) is 0 Å². The van der Waals surface area contributed by atoms with Gasteiger partial charge in [-0.2, -0.15) is 20.2 Å². The average molecular weight is 422 g/mol. The summed E-state index contributed by atoms with van der Waals surface area (Å²) in [5, 5.41) is 9.58. The molecule has 2 aliphatic heterocycles. The molecule has 0 radical (unpaired) electrons. The minimum absolute atomic E-state index is 0.151. The number of fused-ring (bicyclic) bond motifs is 1. The van der Waals surface area contributed by atoms with E-state index in [1.807, 2.05) is 12.1 Å². The molecule has 162 valence electrons. The van der Waals surface area contributed by atoms with E-state index in [0.29, 0.717) is 50.8 Å². The molecule has 0 spiro atoms. The first-order valence-electron chi connectivity index (χ1n) is 10.9. The van der Waals surface area contributed by atoms with Gasteiger partial charge in [-0.05, 0) is 30.5 Å². The largest absolute Gasteiger partial charge is 0.454 e. The minimum Gasteiger partial charge on any atom is -0.454 e. The Morgan fingerprint density at radius 1 is 1.03 bits per heavy atom. The number of benzene rings is 1. The van der Waals surface area contributed by atoms with Crippen LogP contribution in [0.5, 0.6) is 11.5 Å². The van der Waals surface area contributed by atoms with Gasteiger partial charge in [0, 0.05) is 25.7 Å². The van der Waals surface area contributed by atoms with Gasteiger partial charge in [0.05, 0.1) is 13.2 Å². The summed E-state index contributed by atoms with van der Waals surface area (Å²) in [6.45, 7) is 3.57. The van der Waals surface area contributed by atoms with Crippen molar-refractivity contribution in [1.29, 1.82) is 5.26 Å². The molecule has 5 rings (SSSR count). The fourth-order valence-corrected chi connectivity index (χ4v) is 4.43. The Balaban J connectivity index is 1.49. The molecular weight excluding hydrogens is 396 g/mol. The molecule has 3 aliphatic rings. The molecule has 9 nitrogen and oxygen atoms in total. The number of anilines is 2. The third-order valence-electron chi connectivity index (χ3n) is 6.07. The van der Waals surface area contributed by atoms with E-state index in [4.69, 9.17) is 19.2 Å². The first-order valence-corrected chi connectivity index (χ1v) is 10.9. The van der Waals surface area contributed by atoms with Crippen molar-refractivity contribution in [2.45, 2.75) is 44.7 Å². The highest BCUT2D eigenvalue weighted by atomic mass is 16.7. The van der Waals surface area contributed by atoms with Crippen molar-refractivity contribution in [3.63, 3.8) is 0 Å². The smallest absolute Gasteiger partial charge is 0.238 e. The Morgan fingerprint density at radius 3 is 2.65 bits per heavy atom. The highest BCUT2D eigenvalue weighted by molar-refractivity contribution is 5.47. The van der Waals surface area contributed by atoms with E-state index in [2.05, 4.69) is 31.9 Å². The fourth-order valence-electron chi connectivity index (χ4n) is 4.43. The van der Waals surface area contributed by atoms with Crippen LogP contribution in [0, 0.1) is 11.3 Å². The minimum atomic E-state index is 0.151. The van der Waals surface area contributed by atoms with Gasteiger partial charge in [-0.25, -0.2) is 0 Å². The Kier molecular flexibility index (Phi) is 5.71. The van der Waals surface area contributed by atoms with E-state index in [-0.39, 0.29) is 12.6 Å². The van der Waals surface area contributed by atoms with Gasteiger partial charge in [-0.1, -0.05) is 25.3 Å². The van der Waals surface area contributed by atoms with E-state index >= 15 is 0 Å². The van der Waals surface area contributed by atoms with Gasteiger partial charge < -0.3 is 24.0 Å². The number of nitrogens with zero attached hydrogens (tertiary/aromatic N) is 6. The number of morpholine rings is 1. The van der Waals surface area contributed by atoms with Crippen LogP contribution in [0.2, 0.25) is 0 Å². The average Bonchev–Trinajstić information content (AvgIpc) is 3.31. The van der Waals surface area contributed by atoms with Crippen LogP contribution in [0.25, 0.3) is 0 Å². The highest BCUT2D eigenvalue weighted by Crippen LogP contribution is 2.34. The van der Waals surface area contributed by atoms with Crippen LogP contribution >= 0.6 is 0 Å². The second kappa shape index (κ2) is 8.94. The third-order valence-corrected chi connectivity index (χ3v) is 6.07. The summed E-state index contributed by atoms with van der Waals surface area (Å²) >= 11 is 0. The molecule has 31 heavy (non-hydrogen) atoms. The van der Waals surface area contributed by atoms with Crippen molar-refractivity contribution in [2.75, 3.05) is 42.9 Å². The molecule has 0 amide bonds. The van der Waals surface area contributed by atoms with Crippen LogP contribution in [0.3, 0.4) is 0 Å². The van der Waals surface area contributed by atoms with Crippen molar-refractivity contribution < 1.29 is 14.2 Å². The van der Waals surface area contributed by atoms with Crippen LogP contribution in [-0.4, -0.2) is 54.1 Å². The maximum absolute atomic E-state index is 9.58. The molecule has 9 heteroatoms. The van der Waals surface area contributed by atoms with E-state index in [1.165, 1.54) is 19.3 Å². The molecule has 1 saturated heterocycles. The van der Waals surface area contributed by atoms with Gasteiger partial charge in [0.15, 0.2) is 11.5 Å². The molecule has 0 unspecified atom stereocenters. The summed E-state index contributed by atoms with van der Waals surface area (Å²) in [6.07, 6.45) is 5.81. The molecule has 0 N–H and O–H groups in total. The number of hydrogen-bond acceptors (Lipinski definition) is 9. The topological polar surface area (TPSA) is 96.6 Å². The number of nitriles is 1. The molecule has 3 heterocycles. The van der Waals surface area contributed by atoms with Gasteiger partial charge in [0.1, 0.15) is 6.07 Å². The lowest BCUT2D eigenvalue weighted by molar-refractivity contribution is 0.122. The van der Waals surface area contributed by atoms with Crippen LogP contribution in [0.15, 0.2) is 18.2 Å². The molecule has 0 atom stereocenters. The lowest BCUT2D eigenvalue weighted by Crippen LogP contribution is -2.40. The van der Waals surface area contributed by atoms with Crippen LogP contribution < -0.4 is 19.3 Å². The Labute approximate surface area is 181 Å². The van der Waals surface area contributed by atoms with E-state index in [1.54, 1.807) is 0 Å². The maximum atomic E-state index is 9.58. The van der Waals surface area contributed by atoms with Crippen molar-refractivity contribution in [2.24, 2.45) is 0 Å². The first kappa shape index (κ1) is 19.8. The summed E-state index contributed by atoms with van der Waals surface area (Å²) < 4.78 is 16.5. The van der Waals surface area contributed by atoms with Crippen molar-refractivity contribution in [1.82, 2.24) is 15.0 Å². The SMILES string of the molecule is N#Cc1nc(N2CCOCC2)nc(N(Cc2ccc3c(c2)OCO3)C2CCCCC2)n1. The fraction of sp³-hybridized carbons (Fsp3) is 0.545. The standard InChI is InChI=1S/C22H26N6O3/c23-13-20-24-21(27-8-10-29-11-9-27)26-22(25-20)28(17-4-2-1-3-5-17)14-16-6-7-18-19(12-16)31-15-30-18/h6-7,12,17H,1-5,8-11,14-15H2. The van der Waals surface area contributed by atoms with Crippen molar-refractivity contribution in [3.05, 3.63) is 29.6 Å². The zero-order valence-electron chi connectivity index (χ0n) is 17.5. The summed E-state index contributed by atoms with van der Waals surface area (Å²) in [7, 11) is 0. The molecule has 1 saturated carbocycles. The second-order valence-electron chi connectivity index (χ2n) is 8.08. The van der Waals surface area contributed by atoms with Gasteiger partial charge in [-0.15, -0.1) is 0 Å². The van der Waals surface area contributed by atoms with Crippen LogP contribution in [0.1, 0.15) is 43.5 Å². The van der Waals surface area contributed by atoms with Crippen LogP contribution in [0.4, 0.5) is 11.9 Å². The number of aromatic nitrogens is 3.